The van der Waals surface area contributed by atoms with Crippen molar-refractivity contribution in [3.8, 4) is 0 Å². The Morgan fingerprint density at radius 3 is 2.33 bits per heavy atom. The van der Waals surface area contributed by atoms with E-state index in [0.717, 1.165) is 0 Å². The van der Waals surface area contributed by atoms with Gasteiger partial charge in [0.15, 0.2) is 0 Å². The third-order valence-corrected chi connectivity index (χ3v) is 3.09. The van der Waals surface area contributed by atoms with Gasteiger partial charge in [-0.3, -0.25) is 0 Å². The van der Waals surface area contributed by atoms with Crippen molar-refractivity contribution in [2.45, 2.75) is 52.1 Å². The van der Waals surface area contributed by atoms with Gasteiger partial charge in [-0.1, -0.05) is 6.92 Å². The normalized spacial score (nSPS) is 23.8. The van der Waals surface area contributed by atoms with Crippen molar-refractivity contribution in [2.24, 2.45) is 5.41 Å². The van der Waals surface area contributed by atoms with Crippen molar-refractivity contribution in [2.75, 3.05) is 6.61 Å². The third kappa shape index (κ3) is 2.20. The summed E-state index contributed by atoms with van der Waals surface area (Å²) >= 11 is 0. The lowest BCUT2D eigenvalue weighted by Crippen LogP contribution is -2.50. The molecule has 0 aromatic heterocycles. The van der Waals surface area contributed by atoms with Crippen LogP contribution in [0.1, 0.15) is 40.5 Å². The van der Waals surface area contributed by atoms with Crippen LogP contribution in [-0.2, 0) is 0 Å². The first kappa shape index (κ1) is 10.0. The predicted octanol–water partition coefficient (Wildman–Crippen LogP) is 1.54. The highest BCUT2D eigenvalue weighted by Crippen LogP contribution is 2.48. The van der Waals surface area contributed by atoms with Crippen molar-refractivity contribution in [3.63, 3.8) is 0 Å². The number of hydrogen-bond donors (Lipinski definition) is 2. The molecular weight excluding hydrogens is 150 g/mol. The van der Waals surface area contributed by atoms with Crippen LogP contribution in [0.5, 0.6) is 0 Å². The second-order valence-corrected chi connectivity index (χ2v) is 5.06. The molecule has 0 aliphatic heterocycles. The van der Waals surface area contributed by atoms with Gasteiger partial charge in [0, 0.05) is 11.6 Å². The first-order valence-corrected chi connectivity index (χ1v) is 4.78. The molecule has 12 heavy (non-hydrogen) atoms. The van der Waals surface area contributed by atoms with Gasteiger partial charge in [0.05, 0.1) is 6.61 Å². The van der Waals surface area contributed by atoms with Crippen molar-refractivity contribution in [1.82, 2.24) is 5.32 Å². The maximum Gasteiger partial charge on any atom is 0.0607 e. The Bertz CT molecular complexity index is 161. The maximum atomic E-state index is 9.07. The molecular formula is C10H21NO. The molecule has 0 heterocycles. The smallest absolute Gasteiger partial charge is 0.0607 e. The Labute approximate surface area is 75.4 Å². The summed E-state index contributed by atoms with van der Waals surface area (Å²) in [5.74, 6) is 0. The van der Waals surface area contributed by atoms with Crippen LogP contribution in [0, 0.1) is 5.41 Å². The Kier molecular flexibility index (Phi) is 2.50. The predicted molar refractivity (Wildman–Crippen MR) is 51.1 cm³/mol. The van der Waals surface area contributed by atoms with E-state index in [1.807, 2.05) is 13.8 Å². The molecule has 2 heteroatoms. The molecule has 0 bridgehead atoms. The van der Waals surface area contributed by atoms with E-state index in [1.54, 1.807) is 0 Å². The zero-order chi connectivity index (χ0) is 9.41. The number of nitrogens with one attached hydrogen (secondary N) is 1. The Balaban J connectivity index is 2.40. The highest BCUT2D eigenvalue weighted by atomic mass is 16.3. The molecule has 1 aliphatic rings. The fourth-order valence-electron chi connectivity index (χ4n) is 1.44. The number of hydrogen-bond acceptors (Lipinski definition) is 2. The van der Waals surface area contributed by atoms with Gasteiger partial charge >= 0.3 is 0 Å². The highest BCUT2D eigenvalue weighted by Gasteiger charge is 2.43. The van der Waals surface area contributed by atoms with Crippen molar-refractivity contribution in [3.05, 3.63) is 0 Å². The molecule has 1 atom stereocenters. The minimum Gasteiger partial charge on any atom is -0.394 e. The molecule has 0 saturated heterocycles. The van der Waals surface area contributed by atoms with Gasteiger partial charge in [-0.2, -0.15) is 0 Å². The van der Waals surface area contributed by atoms with Crippen LogP contribution < -0.4 is 5.32 Å². The summed E-state index contributed by atoms with van der Waals surface area (Å²) in [5.41, 5.74) is 0.359. The van der Waals surface area contributed by atoms with Gasteiger partial charge < -0.3 is 10.4 Å². The summed E-state index contributed by atoms with van der Waals surface area (Å²) in [7, 11) is 0. The molecule has 1 saturated carbocycles. The number of rotatable bonds is 4. The van der Waals surface area contributed by atoms with Crippen molar-refractivity contribution >= 4 is 0 Å². The molecule has 0 aromatic carbocycles. The van der Waals surface area contributed by atoms with E-state index in [-0.39, 0.29) is 12.1 Å². The fourth-order valence-corrected chi connectivity index (χ4v) is 1.44. The molecule has 0 aromatic rings. The molecule has 1 rings (SSSR count). The molecule has 0 amide bonds. The fraction of sp³-hybridized carbons (Fsp3) is 1.00. The van der Waals surface area contributed by atoms with E-state index in [4.69, 9.17) is 5.11 Å². The summed E-state index contributed by atoms with van der Waals surface area (Å²) in [6.45, 7) is 8.79. The maximum absolute atomic E-state index is 9.07. The lowest BCUT2D eigenvalue weighted by Gasteiger charge is -2.31. The molecule has 2 N–H and O–H groups in total. The zero-order valence-corrected chi connectivity index (χ0v) is 8.65. The molecule has 0 spiro atoms. The first-order chi connectivity index (χ1) is 5.40. The summed E-state index contributed by atoms with van der Waals surface area (Å²) in [6.07, 6.45) is 2.64. The summed E-state index contributed by atoms with van der Waals surface area (Å²) < 4.78 is 0. The third-order valence-electron chi connectivity index (χ3n) is 3.09. The van der Waals surface area contributed by atoms with Crippen molar-refractivity contribution in [1.29, 1.82) is 0 Å². The SMILES string of the molecule is CC(NC(C)(C)CO)C1(C)CC1. The standard InChI is InChI=1S/C10H21NO/c1-8(10(4)5-6-10)11-9(2,3)7-12/h8,11-12H,5-7H2,1-4H3. The van der Waals surface area contributed by atoms with E-state index in [1.165, 1.54) is 12.8 Å². The Hall–Kier alpha value is -0.0800. The van der Waals surface area contributed by atoms with Gasteiger partial charge in [-0.25, -0.2) is 0 Å². The Morgan fingerprint density at radius 2 is 2.00 bits per heavy atom. The molecule has 1 fully saturated rings. The monoisotopic (exact) mass is 171 g/mol. The van der Waals surface area contributed by atoms with Crippen LogP contribution >= 0.6 is 0 Å². The second kappa shape index (κ2) is 3.00. The number of aliphatic hydroxyl groups excluding tert-OH is 1. The van der Waals surface area contributed by atoms with Gasteiger partial charge in [0.25, 0.3) is 0 Å². The summed E-state index contributed by atoms with van der Waals surface area (Å²) in [4.78, 5) is 0. The van der Waals surface area contributed by atoms with Crippen LogP contribution in [0.4, 0.5) is 0 Å². The highest BCUT2D eigenvalue weighted by molar-refractivity contribution is 4.98. The average Bonchev–Trinajstić information content (AvgIpc) is 2.69. The average molecular weight is 171 g/mol. The van der Waals surface area contributed by atoms with E-state index in [0.29, 0.717) is 11.5 Å². The van der Waals surface area contributed by atoms with E-state index < -0.39 is 0 Å². The van der Waals surface area contributed by atoms with Crippen LogP contribution in [-0.4, -0.2) is 23.3 Å². The van der Waals surface area contributed by atoms with E-state index in [9.17, 15) is 0 Å². The van der Waals surface area contributed by atoms with Gasteiger partial charge in [0.1, 0.15) is 0 Å². The Morgan fingerprint density at radius 1 is 1.50 bits per heavy atom. The minimum absolute atomic E-state index is 0.134. The zero-order valence-electron chi connectivity index (χ0n) is 8.65. The van der Waals surface area contributed by atoms with E-state index in [2.05, 4.69) is 19.2 Å². The quantitative estimate of drug-likeness (QED) is 0.672. The van der Waals surface area contributed by atoms with Crippen LogP contribution in [0.2, 0.25) is 0 Å². The van der Waals surface area contributed by atoms with Gasteiger partial charge in [0.2, 0.25) is 0 Å². The van der Waals surface area contributed by atoms with Crippen LogP contribution in [0.25, 0.3) is 0 Å². The van der Waals surface area contributed by atoms with Gasteiger partial charge in [-0.05, 0) is 39.0 Å². The van der Waals surface area contributed by atoms with E-state index >= 15 is 0 Å². The van der Waals surface area contributed by atoms with Crippen LogP contribution in [0.3, 0.4) is 0 Å². The molecule has 2 nitrogen and oxygen atoms in total. The first-order valence-electron chi connectivity index (χ1n) is 4.78. The van der Waals surface area contributed by atoms with Crippen molar-refractivity contribution < 1.29 is 5.11 Å². The molecule has 72 valence electrons. The largest absolute Gasteiger partial charge is 0.394 e. The summed E-state index contributed by atoms with van der Waals surface area (Å²) in [6, 6.07) is 0.514. The topological polar surface area (TPSA) is 32.3 Å². The minimum atomic E-state index is -0.134. The second-order valence-electron chi connectivity index (χ2n) is 5.06. The lowest BCUT2D eigenvalue weighted by molar-refractivity contribution is 0.162. The lowest BCUT2D eigenvalue weighted by atomic mass is 9.96. The molecule has 1 unspecified atom stereocenters. The summed E-state index contributed by atoms with van der Waals surface area (Å²) in [5, 5.41) is 12.5. The van der Waals surface area contributed by atoms with Crippen LogP contribution in [0.15, 0.2) is 0 Å². The number of aliphatic hydroxyl groups is 1. The van der Waals surface area contributed by atoms with Gasteiger partial charge in [-0.15, -0.1) is 0 Å². The molecule has 0 radical (unpaired) electrons. The molecule has 1 aliphatic carbocycles.